The number of hydrogen-bond donors (Lipinski definition) is 2. The van der Waals surface area contributed by atoms with Gasteiger partial charge in [0.25, 0.3) is 11.8 Å². The van der Waals surface area contributed by atoms with Gasteiger partial charge in [0, 0.05) is 43.5 Å². The van der Waals surface area contributed by atoms with Crippen molar-refractivity contribution in [2.45, 2.75) is 25.4 Å². The number of nitrogens with zero attached hydrogens (tertiary/aromatic N) is 2. The average Bonchev–Trinajstić information content (AvgIpc) is 2.95. The van der Waals surface area contributed by atoms with Crippen LogP contribution in [0.15, 0.2) is 35.3 Å². The molecule has 0 spiro atoms. The molecule has 7 nitrogen and oxygen atoms in total. The van der Waals surface area contributed by atoms with E-state index in [9.17, 15) is 41.4 Å². The van der Waals surface area contributed by atoms with E-state index in [0.717, 1.165) is 22.9 Å². The average molecular weight is 519 g/mol. The van der Waals surface area contributed by atoms with Crippen molar-refractivity contribution in [2.24, 2.45) is 0 Å². The highest BCUT2D eigenvalue weighted by Gasteiger charge is 2.46. The second-order valence-electron chi connectivity index (χ2n) is 9.14. The second kappa shape index (κ2) is 8.43. The number of aromatic nitrogens is 1. The Balaban J connectivity index is 1.62. The van der Waals surface area contributed by atoms with Gasteiger partial charge in [-0.2, -0.15) is 0 Å². The lowest BCUT2D eigenvalue weighted by Crippen LogP contribution is -2.53. The smallest absolute Gasteiger partial charge is 0.274 e. The second-order valence-corrected chi connectivity index (χ2v) is 9.14. The highest BCUT2D eigenvalue weighted by molar-refractivity contribution is 5.99. The number of carbonyl (C=O) groups excluding carboxylic acids is 2. The molecular weight excluding hydrogens is 501 g/mol. The van der Waals surface area contributed by atoms with Gasteiger partial charge in [-0.1, -0.05) is 0 Å². The molecule has 2 aliphatic heterocycles. The van der Waals surface area contributed by atoms with E-state index in [2.05, 4.69) is 5.32 Å². The molecule has 2 amide bonds. The normalized spacial score (nSPS) is 18.2. The predicted molar refractivity (Wildman–Crippen MR) is 119 cm³/mol. The molecule has 2 N–H and O–H groups in total. The molecular formula is C25H18F5N3O4. The number of halogens is 5. The van der Waals surface area contributed by atoms with Crippen LogP contribution in [0.4, 0.5) is 22.0 Å². The molecule has 12 heteroatoms. The van der Waals surface area contributed by atoms with Crippen LogP contribution in [0.3, 0.4) is 0 Å². The monoisotopic (exact) mass is 519 g/mol. The third kappa shape index (κ3) is 3.74. The fraction of sp³-hybridized carbons (Fsp3) is 0.240. The summed E-state index contributed by atoms with van der Waals surface area (Å²) in [6.07, 6.45) is 1.17. The van der Waals surface area contributed by atoms with E-state index in [1.807, 2.05) is 0 Å². The summed E-state index contributed by atoms with van der Waals surface area (Å²) >= 11 is 0. The molecule has 0 radical (unpaired) electrons. The number of nitrogens with one attached hydrogen (secondary N) is 1. The summed E-state index contributed by atoms with van der Waals surface area (Å²) in [5.74, 6) is -8.80. The zero-order valence-electron chi connectivity index (χ0n) is 19.2. The minimum atomic E-state index is -1.32. The minimum Gasteiger partial charge on any atom is -0.503 e. The highest BCUT2D eigenvalue weighted by Crippen LogP contribution is 2.40. The van der Waals surface area contributed by atoms with Crippen molar-refractivity contribution in [1.82, 2.24) is 14.8 Å². The van der Waals surface area contributed by atoms with E-state index >= 15 is 0 Å². The van der Waals surface area contributed by atoms with Crippen LogP contribution in [0.5, 0.6) is 5.75 Å². The Kier molecular flexibility index (Phi) is 5.57. The Morgan fingerprint density at radius 2 is 1.68 bits per heavy atom. The van der Waals surface area contributed by atoms with Gasteiger partial charge in [-0.3, -0.25) is 14.4 Å². The van der Waals surface area contributed by atoms with E-state index < -0.39 is 81.0 Å². The Morgan fingerprint density at radius 1 is 1.03 bits per heavy atom. The van der Waals surface area contributed by atoms with E-state index in [4.69, 9.17) is 0 Å². The van der Waals surface area contributed by atoms with Crippen LogP contribution < -0.4 is 10.7 Å². The fourth-order valence-electron chi connectivity index (χ4n) is 4.98. The van der Waals surface area contributed by atoms with Crippen molar-refractivity contribution in [2.75, 3.05) is 13.1 Å². The first-order valence-electron chi connectivity index (χ1n) is 11.1. The number of benzene rings is 2. The third-order valence-corrected chi connectivity index (χ3v) is 6.86. The summed E-state index contributed by atoms with van der Waals surface area (Å²) < 4.78 is 70.5. The number of pyridine rings is 1. The van der Waals surface area contributed by atoms with Crippen molar-refractivity contribution < 1.29 is 36.6 Å². The molecule has 1 unspecified atom stereocenters. The van der Waals surface area contributed by atoms with Gasteiger partial charge in [-0.05, 0) is 36.6 Å². The SMILES string of the molecule is CC12CN(CCc3cc(F)c(F)cc31)C(=O)c1c(O)c(=O)c(C(=O)NCc3c(F)cc(F)cc3F)cn12. The van der Waals surface area contributed by atoms with Gasteiger partial charge in [0.05, 0.1) is 5.54 Å². The first kappa shape index (κ1) is 24.5. The number of amides is 2. The zero-order valence-corrected chi connectivity index (χ0v) is 19.2. The molecule has 1 atom stereocenters. The Bertz CT molecular complexity index is 1550. The van der Waals surface area contributed by atoms with E-state index in [1.165, 1.54) is 4.90 Å². The molecule has 2 aromatic carbocycles. The molecule has 0 saturated carbocycles. The van der Waals surface area contributed by atoms with Crippen LogP contribution in [0.1, 0.15) is 44.5 Å². The number of carbonyl (C=O) groups is 2. The zero-order chi connectivity index (χ0) is 26.8. The van der Waals surface area contributed by atoms with Gasteiger partial charge in [0.15, 0.2) is 23.1 Å². The largest absolute Gasteiger partial charge is 0.503 e. The van der Waals surface area contributed by atoms with Crippen LogP contribution in [0.2, 0.25) is 0 Å². The lowest BCUT2D eigenvalue weighted by Gasteiger charge is -2.42. The van der Waals surface area contributed by atoms with Crippen LogP contribution in [0, 0.1) is 29.1 Å². The first-order valence-corrected chi connectivity index (χ1v) is 11.1. The van der Waals surface area contributed by atoms with Crippen molar-refractivity contribution in [3.05, 3.63) is 97.7 Å². The molecule has 0 fully saturated rings. The first-order chi connectivity index (χ1) is 17.4. The Morgan fingerprint density at radius 3 is 2.35 bits per heavy atom. The van der Waals surface area contributed by atoms with Crippen LogP contribution in [-0.2, 0) is 18.5 Å². The van der Waals surface area contributed by atoms with Crippen molar-refractivity contribution in [1.29, 1.82) is 0 Å². The minimum absolute atomic E-state index is 0.0354. The maximum atomic E-state index is 14.3. The van der Waals surface area contributed by atoms with Gasteiger partial charge in [-0.25, -0.2) is 22.0 Å². The van der Waals surface area contributed by atoms with Crippen LogP contribution in [0.25, 0.3) is 0 Å². The molecule has 0 saturated heterocycles. The quantitative estimate of drug-likeness (QED) is 0.521. The lowest BCUT2D eigenvalue weighted by atomic mass is 9.85. The van der Waals surface area contributed by atoms with E-state index in [1.54, 1.807) is 6.92 Å². The van der Waals surface area contributed by atoms with E-state index in [-0.39, 0.29) is 25.1 Å². The number of rotatable bonds is 3. The number of aromatic hydroxyl groups is 1. The molecule has 3 aromatic rings. The number of fused-ring (bicyclic) bond motifs is 6. The Labute approximate surface area is 205 Å². The van der Waals surface area contributed by atoms with Crippen molar-refractivity contribution in [3.63, 3.8) is 0 Å². The van der Waals surface area contributed by atoms with Gasteiger partial charge in [0.2, 0.25) is 5.43 Å². The lowest BCUT2D eigenvalue weighted by molar-refractivity contribution is 0.0623. The summed E-state index contributed by atoms with van der Waals surface area (Å²) in [6.45, 7) is 0.895. The summed E-state index contributed by atoms with van der Waals surface area (Å²) in [6, 6.07) is 2.84. The molecule has 192 valence electrons. The summed E-state index contributed by atoms with van der Waals surface area (Å²) in [5.41, 5.74) is -3.62. The summed E-state index contributed by atoms with van der Waals surface area (Å²) in [7, 11) is 0. The van der Waals surface area contributed by atoms with Gasteiger partial charge in [0.1, 0.15) is 23.0 Å². The fourth-order valence-corrected chi connectivity index (χ4v) is 4.98. The van der Waals surface area contributed by atoms with E-state index in [0.29, 0.717) is 17.7 Å². The van der Waals surface area contributed by atoms with Gasteiger partial charge < -0.3 is 19.9 Å². The summed E-state index contributed by atoms with van der Waals surface area (Å²) in [4.78, 5) is 40.2. The number of hydrogen-bond acceptors (Lipinski definition) is 4. The maximum Gasteiger partial charge on any atom is 0.274 e. The topological polar surface area (TPSA) is 91.6 Å². The maximum absolute atomic E-state index is 14.3. The third-order valence-electron chi connectivity index (χ3n) is 6.86. The standard InChI is InChI=1S/C25H18F5N3O4/c1-25-10-32(3-2-11-4-18(29)19(30)7-15(11)25)24(37)20-22(35)21(34)14(9-33(20)25)23(36)31-8-13-16(27)5-12(26)6-17(13)28/h4-7,9,35H,2-3,8,10H2,1H3,(H,31,36). The van der Waals surface area contributed by atoms with Crippen LogP contribution in [-0.4, -0.2) is 39.5 Å². The molecule has 2 bridgehead atoms. The predicted octanol–water partition coefficient (Wildman–Crippen LogP) is 2.95. The van der Waals surface area contributed by atoms with Gasteiger partial charge in [-0.15, -0.1) is 0 Å². The molecule has 1 aromatic heterocycles. The molecule has 2 aliphatic rings. The van der Waals surface area contributed by atoms with Crippen molar-refractivity contribution >= 4 is 11.8 Å². The van der Waals surface area contributed by atoms with Crippen molar-refractivity contribution in [3.8, 4) is 5.75 Å². The highest BCUT2D eigenvalue weighted by atomic mass is 19.2. The molecule has 37 heavy (non-hydrogen) atoms. The summed E-state index contributed by atoms with van der Waals surface area (Å²) in [5, 5.41) is 12.8. The molecule has 5 rings (SSSR count). The van der Waals surface area contributed by atoms with Crippen LogP contribution >= 0.6 is 0 Å². The molecule has 3 heterocycles. The van der Waals surface area contributed by atoms with Gasteiger partial charge >= 0.3 is 0 Å². The Hall–Kier alpha value is -4.22. The molecule has 0 aliphatic carbocycles.